The predicted molar refractivity (Wildman–Crippen MR) is 124 cm³/mol. The van der Waals surface area contributed by atoms with E-state index in [2.05, 4.69) is 18.7 Å². The van der Waals surface area contributed by atoms with E-state index in [9.17, 15) is 4.79 Å². The summed E-state index contributed by atoms with van der Waals surface area (Å²) in [5.41, 5.74) is 3.41. The van der Waals surface area contributed by atoms with Crippen LogP contribution in [0.5, 0.6) is 5.75 Å². The highest BCUT2D eigenvalue weighted by atomic mass is 16.5. The van der Waals surface area contributed by atoms with Crippen molar-refractivity contribution >= 4 is 17.3 Å². The molecular weight excluding hydrogens is 372 g/mol. The van der Waals surface area contributed by atoms with Crippen LogP contribution in [-0.2, 0) is 0 Å². The highest BCUT2D eigenvalue weighted by Gasteiger charge is 2.20. The lowest BCUT2D eigenvalue weighted by Gasteiger charge is -2.24. The molecule has 0 aliphatic heterocycles. The zero-order valence-corrected chi connectivity index (χ0v) is 18.0. The Hall–Kier alpha value is -3.11. The molecule has 0 N–H and O–H groups in total. The summed E-state index contributed by atoms with van der Waals surface area (Å²) in [7, 11) is 0. The minimum atomic E-state index is -0.0697. The molecule has 0 spiro atoms. The topological polar surface area (TPSA) is 32.8 Å². The van der Waals surface area contributed by atoms with Crippen molar-refractivity contribution < 1.29 is 9.53 Å². The lowest BCUT2D eigenvalue weighted by Crippen LogP contribution is -2.28. The molecule has 0 saturated carbocycles. The van der Waals surface area contributed by atoms with Crippen molar-refractivity contribution in [1.29, 1.82) is 0 Å². The normalized spacial score (nSPS) is 10.8. The number of carbonyl (C=O) groups is 1. The van der Waals surface area contributed by atoms with E-state index in [0.29, 0.717) is 12.2 Å². The molecule has 3 aromatic rings. The number of hydrogen-bond donors (Lipinski definition) is 0. The van der Waals surface area contributed by atoms with Crippen LogP contribution in [0.1, 0.15) is 29.8 Å². The molecule has 0 heterocycles. The van der Waals surface area contributed by atoms with Gasteiger partial charge in [-0.05, 0) is 56.4 Å². The monoisotopic (exact) mass is 402 g/mol. The summed E-state index contributed by atoms with van der Waals surface area (Å²) in [6.07, 6.45) is 0. The summed E-state index contributed by atoms with van der Waals surface area (Å²) in [6, 6.07) is 25.1. The van der Waals surface area contributed by atoms with Crippen LogP contribution in [0.4, 0.5) is 11.4 Å². The van der Waals surface area contributed by atoms with Gasteiger partial charge in [0.25, 0.3) is 5.91 Å². The summed E-state index contributed by atoms with van der Waals surface area (Å²) < 4.78 is 5.99. The molecule has 3 rings (SSSR count). The minimum absolute atomic E-state index is 0.0697. The van der Waals surface area contributed by atoms with Crippen LogP contribution in [0.2, 0.25) is 0 Å². The molecule has 0 aliphatic carbocycles. The predicted octanol–water partition coefficient (Wildman–Crippen LogP) is 5.69. The Morgan fingerprint density at radius 1 is 0.833 bits per heavy atom. The fourth-order valence-corrected chi connectivity index (χ4v) is 3.33. The Morgan fingerprint density at radius 3 is 2.20 bits per heavy atom. The van der Waals surface area contributed by atoms with E-state index >= 15 is 0 Å². The van der Waals surface area contributed by atoms with Crippen molar-refractivity contribution in [2.45, 2.75) is 20.8 Å². The lowest BCUT2D eigenvalue weighted by atomic mass is 10.1. The highest BCUT2D eigenvalue weighted by molar-refractivity contribution is 6.10. The SMILES string of the molecule is CCN(CC)CCOc1cccc(N(C(=O)c2ccccc2)c2ccc(C)cc2)c1. The fourth-order valence-electron chi connectivity index (χ4n) is 3.33. The average Bonchev–Trinajstić information content (AvgIpc) is 2.79. The molecule has 0 unspecified atom stereocenters. The molecule has 156 valence electrons. The van der Waals surface area contributed by atoms with Gasteiger partial charge in [-0.3, -0.25) is 9.69 Å². The average molecular weight is 403 g/mol. The van der Waals surface area contributed by atoms with E-state index in [1.807, 2.05) is 85.8 Å². The summed E-state index contributed by atoms with van der Waals surface area (Å²) in [4.78, 5) is 17.5. The Labute approximate surface area is 179 Å². The van der Waals surface area contributed by atoms with Gasteiger partial charge >= 0.3 is 0 Å². The molecule has 3 aromatic carbocycles. The van der Waals surface area contributed by atoms with Crippen molar-refractivity contribution in [3.8, 4) is 5.75 Å². The highest BCUT2D eigenvalue weighted by Crippen LogP contribution is 2.30. The molecule has 30 heavy (non-hydrogen) atoms. The number of likely N-dealkylation sites (N-methyl/N-ethyl adjacent to an activating group) is 1. The number of benzene rings is 3. The summed E-state index contributed by atoms with van der Waals surface area (Å²) in [6.45, 7) is 9.85. The van der Waals surface area contributed by atoms with Gasteiger partial charge in [0, 0.05) is 23.9 Å². The maximum atomic E-state index is 13.4. The largest absolute Gasteiger partial charge is 0.492 e. The van der Waals surface area contributed by atoms with Gasteiger partial charge in [-0.2, -0.15) is 0 Å². The zero-order chi connectivity index (χ0) is 21.3. The molecule has 0 aliphatic rings. The molecule has 0 saturated heterocycles. The zero-order valence-electron chi connectivity index (χ0n) is 18.0. The number of nitrogens with zero attached hydrogens (tertiary/aromatic N) is 2. The van der Waals surface area contributed by atoms with E-state index in [4.69, 9.17) is 4.74 Å². The summed E-state index contributed by atoms with van der Waals surface area (Å²) in [5, 5.41) is 0. The van der Waals surface area contributed by atoms with Gasteiger partial charge in [-0.15, -0.1) is 0 Å². The molecule has 4 nitrogen and oxygen atoms in total. The fraction of sp³-hybridized carbons (Fsp3) is 0.269. The van der Waals surface area contributed by atoms with Gasteiger partial charge in [-0.1, -0.05) is 55.8 Å². The maximum Gasteiger partial charge on any atom is 0.262 e. The summed E-state index contributed by atoms with van der Waals surface area (Å²) in [5.74, 6) is 0.692. The molecule has 1 amide bonds. The summed E-state index contributed by atoms with van der Waals surface area (Å²) >= 11 is 0. The van der Waals surface area contributed by atoms with E-state index in [0.717, 1.165) is 42.3 Å². The molecule has 0 fully saturated rings. The minimum Gasteiger partial charge on any atom is -0.492 e. The Balaban J connectivity index is 1.88. The van der Waals surface area contributed by atoms with Crippen molar-refractivity contribution in [3.63, 3.8) is 0 Å². The van der Waals surface area contributed by atoms with E-state index in [-0.39, 0.29) is 5.91 Å². The molecule has 0 atom stereocenters. The van der Waals surface area contributed by atoms with E-state index in [1.54, 1.807) is 4.90 Å². The second kappa shape index (κ2) is 10.6. The molecule has 0 aromatic heterocycles. The van der Waals surface area contributed by atoms with Crippen LogP contribution >= 0.6 is 0 Å². The Bertz CT molecular complexity index is 935. The first-order valence-corrected chi connectivity index (χ1v) is 10.5. The molecule has 0 bridgehead atoms. The number of carbonyl (C=O) groups excluding carboxylic acids is 1. The van der Waals surface area contributed by atoms with Gasteiger partial charge in [0.05, 0.1) is 5.69 Å². The van der Waals surface area contributed by atoms with Crippen LogP contribution in [-0.4, -0.2) is 37.0 Å². The number of hydrogen-bond acceptors (Lipinski definition) is 3. The second-order valence-electron chi connectivity index (χ2n) is 7.21. The molecule has 0 radical (unpaired) electrons. The van der Waals surface area contributed by atoms with Crippen molar-refractivity contribution in [1.82, 2.24) is 4.90 Å². The number of ether oxygens (including phenoxy) is 1. The Kier molecular flexibility index (Phi) is 7.63. The van der Waals surface area contributed by atoms with Crippen molar-refractivity contribution in [2.24, 2.45) is 0 Å². The van der Waals surface area contributed by atoms with E-state index in [1.165, 1.54) is 0 Å². The molecule has 4 heteroatoms. The third-order valence-corrected chi connectivity index (χ3v) is 5.16. The first-order chi connectivity index (χ1) is 14.6. The third-order valence-electron chi connectivity index (χ3n) is 5.16. The van der Waals surface area contributed by atoms with Crippen LogP contribution < -0.4 is 9.64 Å². The van der Waals surface area contributed by atoms with Gasteiger partial charge < -0.3 is 9.64 Å². The Morgan fingerprint density at radius 2 is 1.53 bits per heavy atom. The third kappa shape index (κ3) is 5.49. The number of rotatable bonds is 9. The first-order valence-electron chi connectivity index (χ1n) is 10.5. The second-order valence-corrected chi connectivity index (χ2v) is 7.21. The smallest absolute Gasteiger partial charge is 0.262 e. The van der Waals surface area contributed by atoms with Crippen LogP contribution in [0, 0.1) is 6.92 Å². The quantitative estimate of drug-likeness (QED) is 0.461. The van der Waals surface area contributed by atoms with Gasteiger partial charge in [0.2, 0.25) is 0 Å². The standard InChI is InChI=1S/C26H30N2O2/c1-4-27(5-2)18-19-30-25-13-9-12-24(20-25)28(23-16-14-21(3)15-17-23)26(29)22-10-7-6-8-11-22/h6-17,20H,4-5,18-19H2,1-3H3. The van der Waals surface area contributed by atoms with Crippen molar-refractivity contribution in [3.05, 3.63) is 90.0 Å². The van der Waals surface area contributed by atoms with Crippen LogP contribution in [0.3, 0.4) is 0 Å². The van der Waals surface area contributed by atoms with Crippen molar-refractivity contribution in [2.75, 3.05) is 31.1 Å². The maximum absolute atomic E-state index is 13.4. The molecular formula is C26H30N2O2. The van der Waals surface area contributed by atoms with E-state index < -0.39 is 0 Å². The number of aryl methyl sites for hydroxylation is 1. The number of amides is 1. The number of anilines is 2. The van der Waals surface area contributed by atoms with Crippen LogP contribution in [0.25, 0.3) is 0 Å². The van der Waals surface area contributed by atoms with Gasteiger partial charge in [0.15, 0.2) is 0 Å². The first kappa shape index (κ1) is 21.6. The lowest BCUT2D eigenvalue weighted by molar-refractivity contribution is 0.0999. The van der Waals surface area contributed by atoms with Crippen LogP contribution in [0.15, 0.2) is 78.9 Å². The van der Waals surface area contributed by atoms with Gasteiger partial charge in [0.1, 0.15) is 12.4 Å². The van der Waals surface area contributed by atoms with Gasteiger partial charge in [-0.25, -0.2) is 0 Å².